The average Bonchev–Trinajstić information content (AvgIpc) is 2.39. The van der Waals surface area contributed by atoms with Gasteiger partial charge in [0.05, 0.1) is 5.92 Å². The summed E-state index contributed by atoms with van der Waals surface area (Å²) in [5.74, 6) is 0.666. The van der Waals surface area contributed by atoms with Gasteiger partial charge >= 0.3 is 0 Å². The quantitative estimate of drug-likeness (QED) is 0.826. The zero-order valence-corrected chi connectivity index (χ0v) is 11.6. The van der Waals surface area contributed by atoms with Gasteiger partial charge in [0.2, 0.25) is 5.91 Å². The van der Waals surface area contributed by atoms with E-state index in [4.69, 9.17) is 0 Å². The molecular weight excluding hydrogens is 236 g/mol. The molecule has 0 aliphatic carbocycles. The van der Waals surface area contributed by atoms with Crippen LogP contribution >= 0.6 is 12.4 Å². The Hall–Kier alpha value is -0.280. The first-order chi connectivity index (χ1) is 7.83. The molecule has 2 atom stereocenters. The number of hydrogen-bond donors (Lipinski definition) is 1. The SMILES string of the molecule is CCC1CCCCN1C(=O)C1CCCNC1.Cl. The van der Waals surface area contributed by atoms with E-state index >= 15 is 0 Å². The summed E-state index contributed by atoms with van der Waals surface area (Å²) >= 11 is 0. The van der Waals surface area contributed by atoms with Gasteiger partial charge in [-0.1, -0.05) is 6.92 Å². The van der Waals surface area contributed by atoms with Gasteiger partial charge < -0.3 is 10.2 Å². The number of carbonyl (C=O) groups is 1. The van der Waals surface area contributed by atoms with Gasteiger partial charge in [-0.25, -0.2) is 0 Å². The minimum Gasteiger partial charge on any atom is -0.339 e. The van der Waals surface area contributed by atoms with Crippen LogP contribution in [-0.4, -0.2) is 36.5 Å². The van der Waals surface area contributed by atoms with Gasteiger partial charge in [-0.2, -0.15) is 0 Å². The van der Waals surface area contributed by atoms with Gasteiger partial charge in [-0.3, -0.25) is 4.79 Å². The van der Waals surface area contributed by atoms with E-state index < -0.39 is 0 Å². The summed E-state index contributed by atoms with van der Waals surface area (Å²) in [6.45, 7) is 5.18. The molecule has 100 valence electrons. The van der Waals surface area contributed by atoms with Crippen molar-refractivity contribution in [2.24, 2.45) is 5.92 Å². The first kappa shape index (κ1) is 14.8. The van der Waals surface area contributed by atoms with Crippen LogP contribution in [0.5, 0.6) is 0 Å². The van der Waals surface area contributed by atoms with Crippen LogP contribution in [0.15, 0.2) is 0 Å². The average molecular weight is 261 g/mol. The van der Waals surface area contributed by atoms with Crippen LogP contribution in [0, 0.1) is 5.92 Å². The monoisotopic (exact) mass is 260 g/mol. The van der Waals surface area contributed by atoms with E-state index in [-0.39, 0.29) is 18.3 Å². The van der Waals surface area contributed by atoms with E-state index in [1.807, 2.05) is 0 Å². The maximum absolute atomic E-state index is 12.4. The number of amides is 1. The van der Waals surface area contributed by atoms with Crippen molar-refractivity contribution in [2.75, 3.05) is 19.6 Å². The van der Waals surface area contributed by atoms with E-state index in [0.717, 1.165) is 38.9 Å². The maximum Gasteiger partial charge on any atom is 0.227 e. The lowest BCUT2D eigenvalue weighted by Gasteiger charge is -2.38. The minimum atomic E-state index is 0. The highest BCUT2D eigenvalue weighted by Crippen LogP contribution is 2.23. The molecule has 0 aromatic heterocycles. The number of carbonyl (C=O) groups excluding carboxylic acids is 1. The molecule has 0 spiro atoms. The summed E-state index contributed by atoms with van der Waals surface area (Å²) in [4.78, 5) is 14.6. The molecule has 0 aromatic carbocycles. The molecule has 2 unspecified atom stereocenters. The third kappa shape index (κ3) is 3.59. The Morgan fingerprint density at radius 2 is 2.12 bits per heavy atom. The van der Waals surface area contributed by atoms with Gasteiger partial charge in [0.1, 0.15) is 0 Å². The number of likely N-dealkylation sites (tertiary alicyclic amines) is 1. The van der Waals surface area contributed by atoms with Crippen molar-refractivity contribution in [1.29, 1.82) is 0 Å². The fraction of sp³-hybridized carbons (Fsp3) is 0.923. The lowest BCUT2D eigenvalue weighted by atomic mass is 9.93. The molecule has 3 nitrogen and oxygen atoms in total. The lowest BCUT2D eigenvalue weighted by molar-refractivity contribution is -0.139. The smallest absolute Gasteiger partial charge is 0.227 e. The Balaban J connectivity index is 0.00000144. The molecule has 2 saturated heterocycles. The highest BCUT2D eigenvalue weighted by Gasteiger charge is 2.31. The Bertz CT molecular complexity index is 242. The Kier molecular flexibility index (Phi) is 6.28. The number of rotatable bonds is 2. The molecule has 1 N–H and O–H groups in total. The van der Waals surface area contributed by atoms with Crippen molar-refractivity contribution < 1.29 is 4.79 Å². The van der Waals surface area contributed by atoms with Crippen LogP contribution < -0.4 is 5.32 Å². The van der Waals surface area contributed by atoms with E-state index in [1.54, 1.807) is 0 Å². The molecule has 0 saturated carbocycles. The standard InChI is InChI=1S/C13H24N2O.ClH/c1-2-12-7-3-4-9-15(12)13(16)11-6-5-8-14-10-11;/h11-12,14H,2-10H2,1H3;1H. The van der Waals surface area contributed by atoms with Gasteiger partial charge in [-0.15, -0.1) is 12.4 Å². The van der Waals surface area contributed by atoms with Crippen molar-refractivity contribution >= 4 is 18.3 Å². The molecular formula is C13H25ClN2O. The fourth-order valence-electron chi connectivity index (χ4n) is 3.01. The molecule has 17 heavy (non-hydrogen) atoms. The predicted octanol–water partition coefficient (Wildman–Crippen LogP) is 2.20. The largest absolute Gasteiger partial charge is 0.339 e. The van der Waals surface area contributed by atoms with E-state index in [0.29, 0.717) is 11.9 Å². The molecule has 2 heterocycles. The molecule has 0 aromatic rings. The zero-order valence-electron chi connectivity index (χ0n) is 10.8. The maximum atomic E-state index is 12.4. The topological polar surface area (TPSA) is 32.3 Å². The molecule has 2 aliphatic heterocycles. The van der Waals surface area contributed by atoms with Gasteiger partial charge in [0.25, 0.3) is 0 Å². The normalized spacial score (nSPS) is 29.6. The van der Waals surface area contributed by atoms with Crippen molar-refractivity contribution in [3.8, 4) is 0 Å². The van der Waals surface area contributed by atoms with Crippen LogP contribution in [0.2, 0.25) is 0 Å². The summed E-state index contributed by atoms with van der Waals surface area (Å²) in [6, 6.07) is 0.517. The summed E-state index contributed by atoms with van der Waals surface area (Å²) in [5.41, 5.74) is 0. The number of nitrogens with zero attached hydrogens (tertiary/aromatic N) is 1. The first-order valence-corrected chi connectivity index (χ1v) is 6.84. The molecule has 4 heteroatoms. The Morgan fingerprint density at radius 3 is 2.76 bits per heavy atom. The summed E-state index contributed by atoms with van der Waals surface area (Å²) < 4.78 is 0. The van der Waals surface area contributed by atoms with Gasteiger partial charge in [0, 0.05) is 19.1 Å². The minimum absolute atomic E-state index is 0. The van der Waals surface area contributed by atoms with Crippen LogP contribution in [0.3, 0.4) is 0 Å². The van der Waals surface area contributed by atoms with Crippen LogP contribution in [-0.2, 0) is 4.79 Å². The first-order valence-electron chi connectivity index (χ1n) is 6.84. The van der Waals surface area contributed by atoms with Crippen LogP contribution in [0.1, 0.15) is 45.4 Å². The van der Waals surface area contributed by atoms with Crippen molar-refractivity contribution in [1.82, 2.24) is 10.2 Å². The highest BCUT2D eigenvalue weighted by atomic mass is 35.5. The third-order valence-electron chi connectivity index (χ3n) is 4.03. The summed E-state index contributed by atoms with van der Waals surface area (Å²) in [5, 5.41) is 3.34. The van der Waals surface area contributed by atoms with Crippen molar-refractivity contribution in [3.63, 3.8) is 0 Å². The van der Waals surface area contributed by atoms with Crippen LogP contribution in [0.25, 0.3) is 0 Å². The number of halogens is 1. The second-order valence-corrected chi connectivity index (χ2v) is 5.13. The fourth-order valence-corrected chi connectivity index (χ4v) is 3.01. The number of piperidine rings is 2. The lowest BCUT2D eigenvalue weighted by Crippen LogP contribution is -2.49. The highest BCUT2D eigenvalue weighted by molar-refractivity contribution is 5.85. The molecule has 0 radical (unpaired) electrons. The summed E-state index contributed by atoms with van der Waals surface area (Å²) in [7, 11) is 0. The van der Waals surface area contributed by atoms with Gasteiger partial charge in [-0.05, 0) is 45.1 Å². The van der Waals surface area contributed by atoms with E-state index in [1.165, 1.54) is 19.3 Å². The molecule has 0 bridgehead atoms. The van der Waals surface area contributed by atoms with E-state index in [9.17, 15) is 4.79 Å². The van der Waals surface area contributed by atoms with E-state index in [2.05, 4.69) is 17.1 Å². The van der Waals surface area contributed by atoms with Crippen molar-refractivity contribution in [3.05, 3.63) is 0 Å². The second-order valence-electron chi connectivity index (χ2n) is 5.13. The third-order valence-corrected chi connectivity index (χ3v) is 4.03. The zero-order chi connectivity index (χ0) is 11.4. The van der Waals surface area contributed by atoms with Crippen molar-refractivity contribution in [2.45, 2.75) is 51.5 Å². The van der Waals surface area contributed by atoms with Gasteiger partial charge in [0.15, 0.2) is 0 Å². The Labute approximate surface area is 111 Å². The second kappa shape index (κ2) is 7.22. The number of nitrogens with one attached hydrogen (secondary N) is 1. The molecule has 2 fully saturated rings. The van der Waals surface area contributed by atoms with Crippen LogP contribution in [0.4, 0.5) is 0 Å². The Morgan fingerprint density at radius 1 is 1.29 bits per heavy atom. The number of hydrogen-bond acceptors (Lipinski definition) is 2. The molecule has 2 aliphatic rings. The summed E-state index contributed by atoms with van der Waals surface area (Å²) in [6.07, 6.45) is 7.06. The molecule has 2 rings (SSSR count). The molecule has 1 amide bonds. The predicted molar refractivity (Wildman–Crippen MR) is 72.5 cm³/mol.